The van der Waals surface area contributed by atoms with Crippen LogP contribution in [0.3, 0.4) is 0 Å². The standard InChI is InChI=1S/C11H15FN2S/c1-3-8(2)13-11(15)14-10-7-5-4-6-9(10)12/h4-8H,3H2,1-2H3,(H2,13,14,15)/t8-/m0/s1. The maximum absolute atomic E-state index is 13.2. The first-order valence-electron chi connectivity index (χ1n) is 4.95. The Morgan fingerprint density at radius 3 is 2.73 bits per heavy atom. The van der Waals surface area contributed by atoms with Gasteiger partial charge in [-0.3, -0.25) is 0 Å². The van der Waals surface area contributed by atoms with Crippen molar-refractivity contribution in [2.75, 3.05) is 5.32 Å². The molecule has 82 valence electrons. The average Bonchev–Trinajstić information content (AvgIpc) is 2.21. The summed E-state index contributed by atoms with van der Waals surface area (Å²) in [5.74, 6) is -0.300. The molecule has 0 heterocycles. The van der Waals surface area contributed by atoms with E-state index in [0.29, 0.717) is 10.8 Å². The molecule has 0 saturated heterocycles. The lowest BCUT2D eigenvalue weighted by Gasteiger charge is -2.15. The van der Waals surface area contributed by atoms with E-state index in [9.17, 15) is 4.39 Å². The molecule has 0 aliphatic carbocycles. The normalized spacial score (nSPS) is 11.9. The summed E-state index contributed by atoms with van der Waals surface area (Å²) in [5.41, 5.74) is 0.401. The number of thiocarbonyl (C=S) groups is 1. The number of rotatable bonds is 3. The van der Waals surface area contributed by atoms with Gasteiger partial charge in [-0.05, 0) is 37.7 Å². The predicted octanol–water partition coefficient (Wildman–Crippen LogP) is 2.91. The number of hydrogen-bond donors (Lipinski definition) is 2. The number of nitrogens with one attached hydrogen (secondary N) is 2. The summed E-state index contributed by atoms with van der Waals surface area (Å²) in [6.07, 6.45) is 0.971. The van der Waals surface area contributed by atoms with E-state index < -0.39 is 0 Å². The van der Waals surface area contributed by atoms with Crippen LogP contribution < -0.4 is 10.6 Å². The van der Waals surface area contributed by atoms with Crippen molar-refractivity contribution < 1.29 is 4.39 Å². The van der Waals surface area contributed by atoms with Gasteiger partial charge in [-0.15, -0.1) is 0 Å². The molecule has 1 aromatic rings. The Bertz CT molecular complexity index is 341. The van der Waals surface area contributed by atoms with Crippen LogP contribution in [0.1, 0.15) is 20.3 Å². The molecule has 0 aliphatic heterocycles. The van der Waals surface area contributed by atoms with E-state index in [1.165, 1.54) is 6.07 Å². The highest BCUT2D eigenvalue weighted by atomic mass is 32.1. The van der Waals surface area contributed by atoms with E-state index in [-0.39, 0.29) is 11.9 Å². The van der Waals surface area contributed by atoms with Gasteiger partial charge in [-0.2, -0.15) is 0 Å². The number of anilines is 1. The number of para-hydroxylation sites is 1. The van der Waals surface area contributed by atoms with E-state index in [1.54, 1.807) is 18.2 Å². The highest BCUT2D eigenvalue weighted by molar-refractivity contribution is 7.80. The largest absolute Gasteiger partial charge is 0.360 e. The van der Waals surface area contributed by atoms with Crippen LogP contribution in [0, 0.1) is 5.82 Å². The van der Waals surface area contributed by atoms with Gasteiger partial charge in [0.2, 0.25) is 0 Å². The second-order valence-electron chi connectivity index (χ2n) is 3.39. The van der Waals surface area contributed by atoms with Gasteiger partial charge in [0.25, 0.3) is 0 Å². The minimum absolute atomic E-state index is 0.289. The monoisotopic (exact) mass is 226 g/mol. The molecule has 1 atom stereocenters. The molecule has 0 radical (unpaired) electrons. The molecule has 0 bridgehead atoms. The van der Waals surface area contributed by atoms with E-state index in [4.69, 9.17) is 12.2 Å². The molecule has 0 unspecified atom stereocenters. The Morgan fingerprint density at radius 2 is 2.13 bits per heavy atom. The number of benzene rings is 1. The Kier molecular flexibility index (Phi) is 4.49. The van der Waals surface area contributed by atoms with E-state index in [1.807, 2.05) is 6.92 Å². The highest BCUT2D eigenvalue weighted by Crippen LogP contribution is 2.11. The molecule has 0 fully saturated rings. The summed E-state index contributed by atoms with van der Waals surface area (Å²) >= 11 is 5.05. The Labute approximate surface area is 94.9 Å². The Morgan fingerprint density at radius 1 is 1.47 bits per heavy atom. The van der Waals surface area contributed by atoms with Crippen molar-refractivity contribution in [3.63, 3.8) is 0 Å². The zero-order valence-electron chi connectivity index (χ0n) is 8.88. The van der Waals surface area contributed by atoms with Crippen molar-refractivity contribution in [3.8, 4) is 0 Å². The van der Waals surface area contributed by atoms with Gasteiger partial charge >= 0.3 is 0 Å². The fourth-order valence-corrected chi connectivity index (χ4v) is 1.36. The summed E-state index contributed by atoms with van der Waals surface area (Å²) in [6, 6.07) is 6.74. The lowest BCUT2D eigenvalue weighted by molar-refractivity contribution is 0.629. The summed E-state index contributed by atoms with van der Waals surface area (Å²) in [7, 11) is 0. The molecule has 0 amide bonds. The maximum atomic E-state index is 13.2. The summed E-state index contributed by atoms with van der Waals surface area (Å²) < 4.78 is 13.2. The molecule has 0 spiro atoms. The van der Waals surface area contributed by atoms with Gasteiger partial charge in [0.15, 0.2) is 5.11 Å². The van der Waals surface area contributed by atoms with E-state index in [2.05, 4.69) is 17.6 Å². The van der Waals surface area contributed by atoms with Gasteiger partial charge in [-0.1, -0.05) is 19.1 Å². The van der Waals surface area contributed by atoms with Crippen LogP contribution in [-0.4, -0.2) is 11.2 Å². The third kappa shape index (κ3) is 3.83. The molecule has 15 heavy (non-hydrogen) atoms. The predicted molar refractivity (Wildman–Crippen MR) is 65.5 cm³/mol. The molecule has 0 aromatic heterocycles. The topological polar surface area (TPSA) is 24.1 Å². The zero-order chi connectivity index (χ0) is 11.3. The zero-order valence-corrected chi connectivity index (χ0v) is 9.70. The van der Waals surface area contributed by atoms with Crippen LogP contribution in [-0.2, 0) is 0 Å². The van der Waals surface area contributed by atoms with E-state index in [0.717, 1.165) is 6.42 Å². The van der Waals surface area contributed by atoms with Crippen molar-refractivity contribution in [1.82, 2.24) is 5.32 Å². The second kappa shape index (κ2) is 5.66. The van der Waals surface area contributed by atoms with Gasteiger partial charge in [-0.25, -0.2) is 4.39 Å². The minimum atomic E-state index is -0.300. The molecular formula is C11H15FN2S. The van der Waals surface area contributed by atoms with Gasteiger partial charge in [0, 0.05) is 6.04 Å². The molecular weight excluding hydrogens is 211 g/mol. The molecule has 2 nitrogen and oxygen atoms in total. The highest BCUT2D eigenvalue weighted by Gasteiger charge is 2.04. The molecule has 0 saturated carbocycles. The molecule has 0 aliphatic rings. The first-order chi connectivity index (χ1) is 7.13. The number of halogens is 1. The average molecular weight is 226 g/mol. The van der Waals surface area contributed by atoms with Crippen LogP contribution in [0.4, 0.5) is 10.1 Å². The lowest BCUT2D eigenvalue weighted by atomic mass is 10.3. The van der Waals surface area contributed by atoms with Crippen molar-refractivity contribution in [2.24, 2.45) is 0 Å². The fraction of sp³-hybridized carbons (Fsp3) is 0.364. The van der Waals surface area contributed by atoms with Crippen molar-refractivity contribution in [2.45, 2.75) is 26.3 Å². The van der Waals surface area contributed by atoms with Crippen LogP contribution >= 0.6 is 12.2 Å². The van der Waals surface area contributed by atoms with Crippen molar-refractivity contribution in [1.29, 1.82) is 0 Å². The Hall–Kier alpha value is -1.16. The first-order valence-corrected chi connectivity index (χ1v) is 5.36. The third-order valence-electron chi connectivity index (χ3n) is 2.11. The van der Waals surface area contributed by atoms with Crippen LogP contribution in [0.5, 0.6) is 0 Å². The number of hydrogen-bond acceptors (Lipinski definition) is 1. The van der Waals surface area contributed by atoms with Crippen molar-refractivity contribution in [3.05, 3.63) is 30.1 Å². The fourth-order valence-electron chi connectivity index (χ4n) is 1.05. The van der Waals surface area contributed by atoms with Gasteiger partial charge in [0.1, 0.15) is 5.82 Å². The molecule has 4 heteroatoms. The van der Waals surface area contributed by atoms with Crippen LogP contribution in [0.15, 0.2) is 24.3 Å². The minimum Gasteiger partial charge on any atom is -0.360 e. The van der Waals surface area contributed by atoms with Crippen molar-refractivity contribution >= 4 is 23.0 Å². The first kappa shape index (κ1) is 11.9. The maximum Gasteiger partial charge on any atom is 0.171 e. The van der Waals surface area contributed by atoms with Gasteiger partial charge in [0.05, 0.1) is 5.69 Å². The lowest BCUT2D eigenvalue weighted by Crippen LogP contribution is -2.35. The van der Waals surface area contributed by atoms with E-state index >= 15 is 0 Å². The SMILES string of the molecule is CC[C@H](C)NC(=S)Nc1ccccc1F. The summed E-state index contributed by atoms with van der Waals surface area (Å²) in [6.45, 7) is 4.08. The molecule has 1 rings (SSSR count). The molecule has 2 N–H and O–H groups in total. The van der Waals surface area contributed by atoms with Crippen LogP contribution in [0.2, 0.25) is 0 Å². The second-order valence-corrected chi connectivity index (χ2v) is 3.80. The third-order valence-corrected chi connectivity index (χ3v) is 2.33. The Balaban J connectivity index is 2.55. The summed E-state index contributed by atoms with van der Waals surface area (Å²) in [4.78, 5) is 0. The molecule has 1 aromatic carbocycles. The van der Waals surface area contributed by atoms with Gasteiger partial charge < -0.3 is 10.6 Å². The van der Waals surface area contributed by atoms with Crippen LogP contribution in [0.25, 0.3) is 0 Å². The smallest absolute Gasteiger partial charge is 0.171 e. The quantitative estimate of drug-likeness (QED) is 0.775. The summed E-state index contributed by atoms with van der Waals surface area (Å²) in [5, 5.41) is 6.33.